The molecule has 0 aliphatic rings. The summed E-state index contributed by atoms with van der Waals surface area (Å²) in [6.07, 6.45) is 1.59. The van der Waals surface area contributed by atoms with Crippen LogP contribution in [-0.2, 0) is 14.6 Å². The van der Waals surface area contributed by atoms with Crippen molar-refractivity contribution >= 4 is 27.7 Å². The topological polar surface area (TPSA) is 51.2 Å². The van der Waals surface area contributed by atoms with Gasteiger partial charge in [0.2, 0.25) is 6.29 Å². The van der Waals surface area contributed by atoms with Gasteiger partial charge in [0.05, 0.1) is 10.6 Å². The number of halogens is 1. The van der Waals surface area contributed by atoms with Gasteiger partial charge < -0.3 is 0 Å². The lowest BCUT2D eigenvalue weighted by molar-refractivity contribution is 0.561. The van der Waals surface area contributed by atoms with E-state index in [4.69, 9.17) is 11.6 Å². The third-order valence-electron chi connectivity index (χ3n) is 1.68. The first-order valence-electron chi connectivity index (χ1n) is 3.87. The fourth-order valence-electron chi connectivity index (χ4n) is 1.03. The molecular weight excluding hydrogens is 224 g/mol. The highest BCUT2D eigenvalue weighted by molar-refractivity contribution is 7.91. The summed E-state index contributed by atoms with van der Waals surface area (Å²) in [5.41, 5.74) is 0.0533. The van der Waals surface area contributed by atoms with Gasteiger partial charge in [-0.1, -0.05) is 12.1 Å². The third-order valence-corrected chi connectivity index (χ3v) is 3.86. The second-order valence-corrected chi connectivity index (χ2v) is 5.06. The number of alkyl halides is 1. The lowest BCUT2D eigenvalue weighted by Crippen LogP contribution is -2.10. The molecule has 1 rings (SSSR count). The van der Waals surface area contributed by atoms with E-state index < -0.39 is 9.84 Å². The van der Waals surface area contributed by atoms with Crippen molar-refractivity contribution in [3.63, 3.8) is 0 Å². The van der Waals surface area contributed by atoms with E-state index >= 15 is 0 Å². The Morgan fingerprint density at radius 3 is 2.50 bits per heavy atom. The van der Waals surface area contributed by atoms with E-state index in [2.05, 4.69) is 0 Å². The van der Waals surface area contributed by atoms with Gasteiger partial charge >= 0.3 is 0 Å². The van der Waals surface area contributed by atoms with Gasteiger partial charge in [-0.05, 0) is 12.1 Å². The molecule has 0 atom stereocenters. The van der Waals surface area contributed by atoms with Crippen LogP contribution in [0.2, 0.25) is 0 Å². The minimum absolute atomic E-state index is 0.00403. The maximum atomic E-state index is 11.5. The molecular formula is C9H8ClO3S. The summed E-state index contributed by atoms with van der Waals surface area (Å²) in [5, 5.41) is 0. The van der Waals surface area contributed by atoms with Crippen LogP contribution in [-0.4, -0.2) is 26.3 Å². The second kappa shape index (κ2) is 4.57. The van der Waals surface area contributed by atoms with E-state index in [0.717, 1.165) is 0 Å². The van der Waals surface area contributed by atoms with Crippen molar-refractivity contribution in [2.45, 2.75) is 4.90 Å². The van der Waals surface area contributed by atoms with Gasteiger partial charge in [0.1, 0.15) is 0 Å². The van der Waals surface area contributed by atoms with E-state index in [1.165, 1.54) is 12.1 Å². The Kier molecular flexibility index (Phi) is 3.66. The Labute approximate surface area is 87.6 Å². The summed E-state index contributed by atoms with van der Waals surface area (Å²) in [6.45, 7) is 0. The van der Waals surface area contributed by atoms with Crippen LogP contribution in [0.1, 0.15) is 5.56 Å². The predicted octanol–water partition coefficient (Wildman–Crippen LogP) is 1.16. The predicted molar refractivity (Wildman–Crippen MR) is 54.0 cm³/mol. The summed E-state index contributed by atoms with van der Waals surface area (Å²) in [6, 6.07) is 5.93. The quantitative estimate of drug-likeness (QED) is 0.731. The molecule has 14 heavy (non-hydrogen) atoms. The molecule has 0 aliphatic heterocycles. The number of hydrogen-bond donors (Lipinski definition) is 0. The zero-order valence-corrected chi connectivity index (χ0v) is 8.81. The Morgan fingerprint density at radius 2 is 1.93 bits per heavy atom. The largest absolute Gasteiger partial charge is 0.285 e. The van der Waals surface area contributed by atoms with Gasteiger partial charge in [-0.2, -0.15) is 0 Å². The monoisotopic (exact) mass is 231 g/mol. The Morgan fingerprint density at radius 1 is 1.29 bits per heavy atom. The zero-order valence-electron chi connectivity index (χ0n) is 7.23. The molecule has 0 aliphatic carbocycles. The molecule has 0 amide bonds. The van der Waals surface area contributed by atoms with Crippen LogP contribution in [0.4, 0.5) is 0 Å². The van der Waals surface area contributed by atoms with Gasteiger partial charge in [-0.15, -0.1) is 11.6 Å². The van der Waals surface area contributed by atoms with Gasteiger partial charge in [0, 0.05) is 11.4 Å². The molecule has 0 fully saturated rings. The molecule has 0 N–H and O–H groups in total. The van der Waals surface area contributed by atoms with Crippen LogP contribution in [0.25, 0.3) is 0 Å². The van der Waals surface area contributed by atoms with E-state index in [1.807, 2.05) is 0 Å². The van der Waals surface area contributed by atoms with Crippen LogP contribution >= 0.6 is 11.6 Å². The molecule has 0 heterocycles. The molecule has 0 aromatic heterocycles. The number of hydrogen-bond acceptors (Lipinski definition) is 3. The van der Waals surface area contributed by atoms with Crippen LogP contribution in [0, 0.1) is 0 Å². The standard InChI is InChI=1S/C9H8ClO3S/c10-5-6-14(12,13)9-4-2-1-3-8(9)7-11/h1-4H,5-6H2. The first kappa shape index (κ1) is 11.2. The second-order valence-electron chi connectivity index (χ2n) is 2.61. The Bertz CT molecular complexity index is 425. The molecule has 0 unspecified atom stereocenters. The van der Waals surface area contributed by atoms with Crippen molar-refractivity contribution in [3.05, 3.63) is 29.8 Å². The molecule has 1 aromatic rings. The summed E-state index contributed by atoms with van der Waals surface area (Å²) < 4.78 is 23.1. The first-order valence-corrected chi connectivity index (χ1v) is 6.06. The van der Waals surface area contributed by atoms with Crippen molar-refractivity contribution < 1.29 is 13.2 Å². The summed E-state index contributed by atoms with van der Waals surface area (Å²) >= 11 is 5.35. The molecule has 0 saturated heterocycles. The van der Waals surface area contributed by atoms with Gasteiger partial charge in [-0.3, -0.25) is 4.79 Å². The molecule has 0 saturated carbocycles. The third kappa shape index (κ3) is 2.33. The zero-order chi connectivity index (χ0) is 10.6. The average molecular weight is 232 g/mol. The number of rotatable bonds is 4. The van der Waals surface area contributed by atoms with Crippen molar-refractivity contribution in [3.8, 4) is 0 Å². The fraction of sp³-hybridized carbons (Fsp3) is 0.222. The number of sulfone groups is 1. The Balaban J connectivity index is 3.25. The average Bonchev–Trinajstić information content (AvgIpc) is 2.18. The first-order chi connectivity index (χ1) is 6.61. The summed E-state index contributed by atoms with van der Waals surface area (Å²) in [4.78, 5) is 10.5. The molecule has 1 radical (unpaired) electrons. The number of benzene rings is 1. The normalized spacial score (nSPS) is 11.2. The maximum Gasteiger partial charge on any atom is 0.234 e. The minimum atomic E-state index is -3.45. The fourth-order valence-corrected chi connectivity index (χ4v) is 2.80. The van der Waals surface area contributed by atoms with Crippen molar-refractivity contribution in [1.29, 1.82) is 0 Å². The van der Waals surface area contributed by atoms with E-state index in [1.54, 1.807) is 18.4 Å². The molecule has 5 heteroatoms. The molecule has 3 nitrogen and oxygen atoms in total. The Hall–Kier alpha value is -0.870. The van der Waals surface area contributed by atoms with Gasteiger partial charge in [-0.25, -0.2) is 8.42 Å². The van der Waals surface area contributed by atoms with Gasteiger partial charge in [0.15, 0.2) is 9.84 Å². The van der Waals surface area contributed by atoms with E-state index in [0.29, 0.717) is 0 Å². The molecule has 0 spiro atoms. The van der Waals surface area contributed by atoms with Crippen LogP contribution in [0.15, 0.2) is 29.2 Å². The maximum absolute atomic E-state index is 11.5. The van der Waals surface area contributed by atoms with Crippen molar-refractivity contribution in [2.75, 3.05) is 11.6 Å². The van der Waals surface area contributed by atoms with Crippen molar-refractivity contribution in [1.82, 2.24) is 0 Å². The lowest BCUT2D eigenvalue weighted by atomic mass is 10.2. The molecule has 0 bridgehead atoms. The number of carbonyl (C=O) groups excluding carboxylic acids is 1. The molecule has 1 aromatic carbocycles. The highest BCUT2D eigenvalue weighted by Crippen LogP contribution is 2.15. The summed E-state index contributed by atoms with van der Waals surface area (Å²) in [5.74, 6) is -0.164. The SMILES string of the molecule is O=[C]c1ccccc1S(=O)(=O)CCCl. The summed E-state index contributed by atoms with van der Waals surface area (Å²) in [7, 11) is -3.45. The smallest absolute Gasteiger partial charge is 0.234 e. The van der Waals surface area contributed by atoms with Gasteiger partial charge in [0.25, 0.3) is 0 Å². The van der Waals surface area contributed by atoms with E-state index in [9.17, 15) is 13.2 Å². The van der Waals surface area contributed by atoms with Crippen LogP contribution in [0.5, 0.6) is 0 Å². The molecule has 75 valence electrons. The highest BCUT2D eigenvalue weighted by atomic mass is 35.5. The minimum Gasteiger partial charge on any atom is -0.285 e. The lowest BCUT2D eigenvalue weighted by Gasteiger charge is -2.03. The van der Waals surface area contributed by atoms with E-state index in [-0.39, 0.29) is 22.1 Å². The van der Waals surface area contributed by atoms with Crippen LogP contribution in [0.3, 0.4) is 0 Å². The van der Waals surface area contributed by atoms with Crippen LogP contribution < -0.4 is 0 Å². The highest BCUT2D eigenvalue weighted by Gasteiger charge is 2.17. The van der Waals surface area contributed by atoms with Crippen molar-refractivity contribution in [2.24, 2.45) is 0 Å².